The van der Waals surface area contributed by atoms with Gasteiger partial charge in [0.1, 0.15) is 0 Å². The van der Waals surface area contributed by atoms with Gasteiger partial charge < -0.3 is 4.74 Å². The van der Waals surface area contributed by atoms with E-state index in [1.807, 2.05) is 6.92 Å². The van der Waals surface area contributed by atoms with E-state index >= 15 is 0 Å². The minimum absolute atomic E-state index is 0.00306. The molecule has 2 unspecified atom stereocenters. The van der Waals surface area contributed by atoms with Crippen LogP contribution in [0, 0.1) is 5.92 Å². The van der Waals surface area contributed by atoms with Crippen LogP contribution in [0.5, 0.6) is 0 Å². The average Bonchev–Trinajstić information content (AvgIpc) is 2.64. The summed E-state index contributed by atoms with van der Waals surface area (Å²) in [7, 11) is -3.50. The molecule has 0 amide bonds. The van der Waals surface area contributed by atoms with E-state index in [1.165, 1.54) is 0 Å². The molecule has 1 heterocycles. The van der Waals surface area contributed by atoms with Crippen molar-refractivity contribution in [3.05, 3.63) is 12.7 Å². The van der Waals surface area contributed by atoms with Crippen molar-refractivity contribution in [1.29, 1.82) is 0 Å². The first-order valence-electron chi connectivity index (χ1n) is 5.69. The van der Waals surface area contributed by atoms with Gasteiger partial charge in [-0.05, 0) is 31.6 Å². The molecule has 5 heteroatoms. The second kappa shape index (κ2) is 5.80. The van der Waals surface area contributed by atoms with Crippen molar-refractivity contribution in [1.82, 2.24) is 0 Å². The van der Waals surface area contributed by atoms with Crippen molar-refractivity contribution in [2.75, 3.05) is 6.61 Å². The zero-order valence-corrected chi connectivity index (χ0v) is 10.6. The molecule has 1 fully saturated rings. The van der Waals surface area contributed by atoms with Gasteiger partial charge in [-0.1, -0.05) is 13.0 Å². The zero-order valence-electron chi connectivity index (χ0n) is 9.76. The quantitative estimate of drug-likeness (QED) is 0.722. The van der Waals surface area contributed by atoms with Crippen LogP contribution in [0.2, 0.25) is 0 Å². The average molecular weight is 247 g/mol. The third-order valence-corrected chi connectivity index (χ3v) is 4.62. The number of allylic oxidation sites excluding steroid dienone is 1. The second-order valence-electron chi connectivity index (χ2n) is 4.50. The maximum atomic E-state index is 11.5. The molecule has 1 saturated heterocycles. The van der Waals surface area contributed by atoms with Gasteiger partial charge in [0.2, 0.25) is 10.0 Å². The lowest BCUT2D eigenvalue weighted by Crippen LogP contribution is -2.36. The predicted octanol–water partition coefficient (Wildman–Crippen LogP) is 1.42. The molecular formula is C11H21NO3S. The fourth-order valence-corrected chi connectivity index (χ4v) is 3.44. The number of hydrogen-bond acceptors (Lipinski definition) is 3. The molecule has 0 bridgehead atoms. The Balaban J connectivity index is 2.66. The van der Waals surface area contributed by atoms with Crippen LogP contribution in [0.1, 0.15) is 32.6 Å². The van der Waals surface area contributed by atoms with E-state index in [1.54, 1.807) is 6.08 Å². The largest absolute Gasteiger partial charge is 0.378 e. The van der Waals surface area contributed by atoms with Crippen molar-refractivity contribution in [2.24, 2.45) is 11.1 Å². The molecule has 3 atom stereocenters. The van der Waals surface area contributed by atoms with Crippen LogP contribution in [-0.4, -0.2) is 26.4 Å². The van der Waals surface area contributed by atoms with Gasteiger partial charge in [-0.3, -0.25) is 0 Å². The number of primary sulfonamides is 1. The molecule has 16 heavy (non-hydrogen) atoms. The van der Waals surface area contributed by atoms with Gasteiger partial charge in [0, 0.05) is 6.61 Å². The molecule has 0 aromatic rings. The van der Waals surface area contributed by atoms with Crippen molar-refractivity contribution >= 4 is 10.0 Å². The van der Waals surface area contributed by atoms with Crippen LogP contribution in [0.4, 0.5) is 0 Å². The van der Waals surface area contributed by atoms with Gasteiger partial charge in [0.05, 0.1) is 11.4 Å². The molecule has 0 spiro atoms. The highest BCUT2D eigenvalue weighted by Crippen LogP contribution is 2.25. The second-order valence-corrected chi connectivity index (χ2v) is 6.28. The number of sulfonamides is 1. The van der Waals surface area contributed by atoms with Crippen LogP contribution in [0.25, 0.3) is 0 Å². The molecule has 2 N–H and O–H groups in total. The van der Waals surface area contributed by atoms with Crippen LogP contribution >= 0.6 is 0 Å². The lowest BCUT2D eigenvalue weighted by atomic mass is 9.98. The van der Waals surface area contributed by atoms with Crippen molar-refractivity contribution in [3.63, 3.8) is 0 Å². The number of ether oxygens (including phenoxy) is 1. The van der Waals surface area contributed by atoms with Crippen molar-refractivity contribution in [2.45, 2.75) is 44.0 Å². The summed E-state index contributed by atoms with van der Waals surface area (Å²) in [6, 6.07) is 0. The van der Waals surface area contributed by atoms with Crippen LogP contribution in [0.15, 0.2) is 12.7 Å². The Labute approximate surface area is 97.9 Å². The van der Waals surface area contributed by atoms with E-state index in [2.05, 4.69) is 6.58 Å². The first-order chi connectivity index (χ1) is 7.45. The fourth-order valence-electron chi connectivity index (χ4n) is 2.19. The maximum absolute atomic E-state index is 11.5. The summed E-state index contributed by atoms with van der Waals surface area (Å²) in [6.07, 6.45) is 4.90. The summed E-state index contributed by atoms with van der Waals surface area (Å²) in [5.41, 5.74) is 0. The Morgan fingerprint density at radius 1 is 1.62 bits per heavy atom. The lowest BCUT2D eigenvalue weighted by molar-refractivity contribution is 0.0996. The zero-order chi connectivity index (χ0) is 12.2. The SMILES string of the molecule is C=CCC(C)[C@H](CC1CCCO1)S(N)(=O)=O. The summed E-state index contributed by atoms with van der Waals surface area (Å²) in [6.45, 7) is 6.26. The van der Waals surface area contributed by atoms with E-state index < -0.39 is 15.3 Å². The van der Waals surface area contributed by atoms with Gasteiger partial charge in [-0.25, -0.2) is 13.6 Å². The smallest absolute Gasteiger partial charge is 0.212 e. The highest BCUT2D eigenvalue weighted by Gasteiger charge is 2.31. The standard InChI is InChI=1S/C11H21NO3S/c1-3-5-9(2)11(16(12,13)14)8-10-6-4-7-15-10/h3,9-11H,1,4-8H2,2H3,(H2,12,13,14)/t9?,10?,11-/m0/s1. The van der Waals surface area contributed by atoms with Crippen LogP contribution in [-0.2, 0) is 14.8 Å². The van der Waals surface area contributed by atoms with Crippen LogP contribution in [0.3, 0.4) is 0 Å². The molecular weight excluding hydrogens is 226 g/mol. The van der Waals surface area contributed by atoms with Crippen molar-refractivity contribution in [3.8, 4) is 0 Å². The predicted molar refractivity (Wildman–Crippen MR) is 64.5 cm³/mol. The highest BCUT2D eigenvalue weighted by molar-refractivity contribution is 7.89. The van der Waals surface area contributed by atoms with Gasteiger partial charge in [0.15, 0.2) is 0 Å². The maximum Gasteiger partial charge on any atom is 0.212 e. The first-order valence-corrected chi connectivity index (χ1v) is 7.30. The molecule has 0 aromatic carbocycles. The summed E-state index contributed by atoms with van der Waals surface area (Å²) < 4.78 is 28.5. The van der Waals surface area contributed by atoms with Gasteiger partial charge in [-0.2, -0.15) is 0 Å². The monoisotopic (exact) mass is 247 g/mol. The summed E-state index contributed by atoms with van der Waals surface area (Å²) in [4.78, 5) is 0. The number of hydrogen-bond donors (Lipinski definition) is 1. The third-order valence-electron chi connectivity index (χ3n) is 3.11. The Morgan fingerprint density at radius 3 is 2.75 bits per heavy atom. The van der Waals surface area contributed by atoms with E-state index in [4.69, 9.17) is 9.88 Å². The van der Waals surface area contributed by atoms with Crippen LogP contribution < -0.4 is 5.14 Å². The van der Waals surface area contributed by atoms with E-state index in [0.29, 0.717) is 12.8 Å². The van der Waals surface area contributed by atoms with E-state index in [0.717, 1.165) is 19.4 Å². The number of nitrogens with two attached hydrogens (primary N) is 1. The summed E-state index contributed by atoms with van der Waals surface area (Å²) >= 11 is 0. The number of rotatable bonds is 6. The molecule has 1 aliphatic rings. The summed E-state index contributed by atoms with van der Waals surface area (Å²) in [5.74, 6) is -0.00306. The van der Waals surface area contributed by atoms with Crippen molar-refractivity contribution < 1.29 is 13.2 Å². The molecule has 94 valence electrons. The molecule has 1 rings (SSSR count). The third kappa shape index (κ3) is 3.88. The minimum atomic E-state index is -3.50. The van der Waals surface area contributed by atoms with Gasteiger partial charge >= 0.3 is 0 Å². The topological polar surface area (TPSA) is 69.4 Å². The molecule has 0 aliphatic carbocycles. The van der Waals surface area contributed by atoms with E-state index in [9.17, 15) is 8.42 Å². The lowest BCUT2D eigenvalue weighted by Gasteiger charge is -2.23. The molecule has 0 aromatic heterocycles. The fraction of sp³-hybridized carbons (Fsp3) is 0.818. The molecule has 0 radical (unpaired) electrons. The van der Waals surface area contributed by atoms with Gasteiger partial charge in [-0.15, -0.1) is 6.58 Å². The highest BCUT2D eigenvalue weighted by atomic mass is 32.2. The Morgan fingerprint density at radius 2 is 2.31 bits per heavy atom. The Kier molecular flexibility index (Phi) is 4.95. The van der Waals surface area contributed by atoms with E-state index in [-0.39, 0.29) is 12.0 Å². The molecule has 1 aliphatic heterocycles. The van der Waals surface area contributed by atoms with Gasteiger partial charge in [0.25, 0.3) is 0 Å². The Hall–Kier alpha value is -0.390. The first kappa shape index (κ1) is 13.7. The molecule has 4 nitrogen and oxygen atoms in total. The summed E-state index contributed by atoms with van der Waals surface area (Å²) in [5, 5.41) is 4.75. The molecule has 0 saturated carbocycles. The Bertz CT molecular complexity index is 320. The minimum Gasteiger partial charge on any atom is -0.378 e. The normalized spacial score (nSPS) is 25.2.